The maximum Gasteiger partial charge on any atom is 0.469 e. The van der Waals surface area contributed by atoms with Crippen molar-refractivity contribution in [3.8, 4) is 0 Å². The summed E-state index contributed by atoms with van der Waals surface area (Å²) in [7, 11) is -4.76. The summed E-state index contributed by atoms with van der Waals surface area (Å²) in [6, 6.07) is -1.47. The van der Waals surface area contributed by atoms with Crippen molar-refractivity contribution < 1.29 is 43.4 Å². The minimum atomic E-state index is -4.76. The van der Waals surface area contributed by atoms with Crippen LogP contribution < -0.4 is 16.0 Å². The zero-order valence-electron chi connectivity index (χ0n) is 12.1. The second-order valence-corrected chi connectivity index (χ2v) is 6.83. The molecule has 0 aromatic heterocycles. The molecule has 136 valence electrons. The molecule has 0 aromatic carbocycles. The predicted octanol–water partition coefficient (Wildman–Crippen LogP) is -4.06. The summed E-state index contributed by atoms with van der Waals surface area (Å²) in [4.78, 5) is 42.0. The van der Waals surface area contributed by atoms with Gasteiger partial charge in [-0.3, -0.25) is 20.0 Å². The van der Waals surface area contributed by atoms with Crippen LogP contribution in [0.5, 0.6) is 0 Å². The summed E-state index contributed by atoms with van der Waals surface area (Å²) in [5.41, 5.74) is 0. The lowest BCUT2D eigenvalue weighted by molar-refractivity contribution is -0.127. The van der Waals surface area contributed by atoms with Gasteiger partial charge in [0.25, 0.3) is 0 Å². The minimum absolute atomic E-state index is 0.0730. The average Bonchev–Trinajstić information content (AvgIpc) is 3.00. The van der Waals surface area contributed by atoms with Crippen LogP contribution in [0.15, 0.2) is 0 Å². The summed E-state index contributed by atoms with van der Waals surface area (Å²) in [6.07, 6.45) is -6.00. The largest absolute Gasteiger partial charge is 0.469 e. The van der Waals surface area contributed by atoms with Crippen molar-refractivity contribution in [2.45, 2.75) is 36.7 Å². The van der Waals surface area contributed by atoms with Gasteiger partial charge in [0.15, 0.2) is 0 Å². The van der Waals surface area contributed by atoms with E-state index in [1.54, 1.807) is 0 Å². The lowest BCUT2D eigenvalue weighted by Gasteiger charge is -2.34. The molecule has 0 spiro atoms. The highest BCUT2D eigenvalue weighted by atomic mass is 31.2. The molecule has 0 radical (unpaired) electrons. The molecule has 0 bridgehead atoms. The topological polar surface area (TPSA) is 190 Å². The SMILES string of the molecule is O=C1NC(=O)C2NCN([C@@H]3O[C@H](COP(=O)(O)O)[C@@H](O)[C@H]3O)C2N1. The number of hydrogen-bond donors (Lipinski definition) is 7. The number of rotatable bonds is 4. The third-order valence-corrected chi connectivity index (χ3v) is 4.52. The summed E-state index contributed by atoms with van der Waals surface area (Å²) in [5, 5.41) is 27.5. The van der Waals surface area contributed by atoms with Crippen LogP contribution in [0.4, 0.5) is 4.79 Å². The highest BCUT2D eigenvalue weighted by Crippen LogP contribution is 2.37. The summed E-state index contributed by atoms with van der Waals surface area (Å²) in [5.74, 6) is -0.541. The molecule has 0 saturated carbocycles. The summed E-state index contributed by atoms with van der Waals surface area (Å²) >= 11 is 0. The van der Waals surface area contributed by atoms with Gasteiger partial charge in [-0.05, 0) is 0 Å². The van der Waals surface area contributed by atoms with Gasteiger partial charge in [0, 0.05) is 0 Å². The van der Waals surface area contributed by atoms with Crippen molar-refractivity contribution in [1.82, 2.24) is 20.9 Å². The molecule has 6 atom stereocenters. The van der Waals surface area contributed by atoms with Gasteiger partial charge in [0.1, 0.15) is 36.7 Å². The Kier molecular flexibility index (Phi) is 4.63. The van der Waals surface area contributed by atoms with E-state index in [0.29, 0.717) is 0 Å². The number of phosphoric acid groups is 1. The fourth-order valence-corrected chi connectivity index (χ4v) is 3.27. The van der Waals surface area contributed by atoms with E-state index in [4.69, 9.17) is 14.5 Å². The highest BCUT2D eigenvalue weighted by Gasteiger charge is 2.53. The summed E-state index contributed by atoms with van der Waals surface area (Å²) in [6.45, 7) is -0.565. The first-order valence-corrected chi connectivity index (χ1v) is 8.52. The molecular weight excluding hydrogens is 351 g/mol. The molecule has 24 heavy (non-hydrogen) atoms. The number of hydrogen-bond acceptors (Lipinski definition) is 9. The van der Waals surface area contributed by atoms with Crippen molar-refractivity contribution in [1.29, 1.82) is 0 Å². The Morgan fingerprint density at radius 3 is 2.67 bits per heavy atom. The molecule has 7 N–H and O–H groups in total. The Hall–Kier alpha value is -1.15. The van der Waals surface area contributed by atoms with Crippen LogP contribution in [0, 0.1) is 0 Å². The summed E-state index contributed by atoms with van der Waals surface area (Å²) < 4.78 is 20.4. The number of carbonyl (C=O) groups is 2. The van der Waals surface area contributed by atoms with E-state index in [0.717, 1.165) is 0 Å². The Balaban J connectivity index is 1.69. The third kappa shape index (κ3) is 3.31. The first kappa shape index (κ1) is 17.7. The maximum atomic E-state index is 11.7. The molecule has 0 aliphatic carbocycles. The zero-order valence-corrected chi connectivity index (χ0v) is 13.0. The van der Waals surface area contributed by atoms with E-state index in [9.17, 15) is 24.4 Å². The lowest BCUT2D eigenvalue weighted by Crippen LogP contribution is -2.66. The van der Waals surface area contributed by atoms with Gasteiger partial charge in [0.05, 0.1) is 13.3 Å². The van der Waals surface area contributed by atoms with Crippen LogP contribution in [-0.4, -0.2) is 86.9 Å². The smallest absolute Gasteiger partial charge is 0.387 e. The van der Waals surface area contributed by atoms with Gasteiger partial charge in [0.2, 0.25) is 5.91 Å². The van der Waals surface area contributed by atoms with E-state index in [2.05, 4.69) is 20.5 Å². The van der Waals surface area contributed by atoms with Gasteiger partial charge in [-0.25, -0.2) is 14.3 Å². The van der Waals surface area contributed by atoms with Crippen LogP contribution in [0.3, 0.4) is 0 Å². The number of urea groups is 1. The number of carbonyl (C=O) groups excluding carboxylic acids is 2. The van der Waals surface area contributed by atoms with Gasteiger partial charge in [-0.2, -0.15) is 0 Å². The lowest BCUT2D eigenvalue weighted by atomic mass is 10.1. The Morgan fingerprint density at radius 2 is 2.00 bits per heavy atom. The number of aliphatic hydroxyl groups is 2. The van der Waals surface area contributed by atoms with E-state index in [1.807, 2.05) is 0 Å². The number of fused-ring (bicyclic) bond motifs is 1. The number of amides is 3. The van der Waals surface area contributed by atoms with E-state index in [-0.39, 0.29) is 6.67 Å². The van der Waals surface area contributed by atoms with Crippen molar-refractivity contribution in [3.05, 3.63) is 0 Å². The number of aliphatic hydroxyl groups excluding tert-OH is 2. The molecule has 3 fully saturated rings. The van der Waals surface area contributed by atoms with Gasteiger partial charge >= 0.3 is 13.9 Å². The molecule has 2 unspecified atom stereocenters. The fraction of sp³-hybridized carbons (Fsp3) is 0.800. The van der Waals surface area contributed by atoms with E-state index in [1.165, 1.54) is 4.90 Å². The normalized spacial score (nSPS) is 40.3. The quantitative estimate of drug-likeness (QED) is 0.239. The second kappa shape index (κ2) is 6.29. The van der Waals surface area contributed by atoms with Crippen molar-refractivity contribution in [2.24, 2.45) is 0 Å². The van der Waals surface area contributed by atoms with Gasteiger partial charge in [-0.15, -0.1) is 0 Å². The Morgan fingerprint density at radius 1 is 1.29 bits per heavy atom. The van der Waals surface area contributed by atoms with E-state index < -0.39 is 63.1 Å². The first-order valence-electron chi connectivity index (χ1n) is 6.99. The Labute approximate surface area is 135 Å². The number of nitrogens with one attached hydrogen (secondary N) is 3. The van der Waals surface area contributed by atoms with Crippen LogP contribution in [0.25, 0.3) is 0 Å². The second-order valence-electron chi connectivity index (χ2n) is 5.59. The number of nitrogens with zero attached hydrogens (tertiary/aromatic N) is 1. The average molecular weight is 368 g/mol. The fourth-order valence-electron chi connectivity index (χ4n) is 2.93. The molecule has 13 nitrogen and oxygen atoms in total. The molecule has 3 aliphatic rings. The molecule has 3 saturated heterocycles. The van der Waals surface area contributed by atoms with Crippen molar-refractivity contribution in [3.63, 3.8) is 0 Å². The predicted molar refractivity (Wildman–Crippen MR) is 72.8 cm³/mol. The monoisotopic (exact) mass is 368 g/mol. The molecule has 0 aromatic rings. The number of ether oxygens (including phenoxy) is 1. The highest BCUT2D eigenvalue weighted by molar-refractivity contribution is 7.46. The molecular formula is C10H17N4O9P. The standard InChI is InChI=1S/C10H17N4O9P/c15-5-3(1-22-24(19,20)21)23-9(6(5)16)14-2-11-4-7(14)12-10(18)13-8(4)17/h3-7,9,11,15-16H,1-2H2,(H2,19,20,21)(H2,12,13,17,18)/t3-,4?,5-,6-,7?,9-/m1/s1. The van der Waals surface area contributed by atoms with Gasteiger partial charge < -0.3 is 30.1 Å². The van der Waals surface area contributed by atoms with Crippen LogP contribution in [0.1, 0.15) is 0 Å². The zero-order chi connectivity index (χ0) is 17.6. The van der Waals surface area contributed by atoms with Crippen LogP contribution in [0.2, 0.25) is 0 Å². The molecule has 3 aliphatic heterocycles. The number of imide groups is 1. The van der Waals surface area contributed by atoms with Crippen molar-refractivity contribution >= 4 is 19.8 Å². The maximum absolute atomic E-state index is 11.7. The molecule has 3 amide bonds. The van der Waals surface area contributed by atoms with Crippen LogP contribution in [-0.2, 0) is 18.6 Å². The minimum Gasteiger partial charge on any atom is -0.387 e. The first-order chi connectivity index (χ1) is 11.2. The van der Waals surface area contributed by atoms with Crippen molar-refractivity contribution in [2.75, 3.05) is 13.3 Å². The van der Waals surface area contributed by atoms with Crippen LogP contribution >= 0.6 is 7.82 Å². The molecule has 3 rings (SSSR count). The Bertz CT molecular complexity index is 585. The number of phosphoric ester groups is 1. The molecule has 3 heterocycles. The van der Waals surface area contributed by atoms with E-state index >= 15 is 0 Å². The third-order valence-electron chi connectivity index (χ3n) is 4.04. The molecule has 14 heteroatoms. The van der Waals surface area contributed by atoms with Gasteiger partial charge in [-0.1, -0.05) is 0 Å².